The van der Waals surface area contributed by atoms with Gasteiger partial charge in [-0.05, 0) is 62.0 Å². The van der Waals surface area contributed by atoms with Crippen LogP contribution in [0, 0.1) is 16.7 Å². The van der Waals surface area contributed by atoms with Crippen LogP contribution in [0.3, 0.4) is 0 Å². The highest BCUT2D eigenvalue weighted by atomic mass is 16.1. The predicted octanol–water partition coefficient (Wildman–Crippen LogP) is 4.14. The number of fused-ring (bicyclic) bond motifs is 1. The topological polar surface area (TPSA) is 96.2 Å². The summed E-state index contributed by atoms with van der Waals surface area (Å²) in [5.74, 6) is 0.585. The molecule has 0 saturated carbocycles. The molecule has 3 N–H and O–H groups in total. The Morgan fingerprint density at radius 3 is 2.69 bits per heavy atom. The van der Waals surface area contributed by atoms with Gasteiger partial charge in [0, 0.05) is 37.6 Å². The van der Waals surface area contributed by atoms with Crippen LogP contribution in [0.4, 0.5) is 0 Å². The van der Waals surface area contributed by atoms with E-state index in [-0.39, 0.29) is 17.8 Å². The summed E-state index contributed by atoms with van der Waals surface area (Å²) in [6, 6.07) is 1.92. The Morgan fingerprint density at radius 2 is 2.06 bits per heavy atom. The van der Waals surface area contributed by atoms with E-state index >= 15 is 0 Å². The monoisotopic (exact) mass is 436 g/mol. The number of aromatic nitrogens is 1. The molecule has 7 nitrogen and oxygen atoms in total. The molecule has 0 atom stereocenters. The Hall–Kier alpha value is -3.06. The van der Waals surface area contributed by atoms with Crippen molar-refractivity contribution in [3.05, 3.63) is 65.2 Å². The third-order valence-corrected chi connectivity index (χ3v) is 5.28. The van der Waals surface area contributed by atoms with Crippen LogP contribution < -0.4 is 5.32 Å². The summed E-state index contributed by atoms with van der Waals surface area (Å²) in [4.78, 5) is 21.0. The zero-order valence-electron chi connectivity index (χ0n) is 19.9. The SMILES string of the molecule is C=C(/C=C\C=C(/C)C(=N)N(C=N)C(C)C)NC(=O)c1cc2c(cn1)CCN(CC(C)C)C2. The van der Waals surface area contributed by atoms with Crippen molar-refractivity contribution in [2.45, 2.75) is 53.6 Å². The Balaban J connectivity index is 1.99. The summed E-state index contributed by atoms with van der Waals surface area (Å²) in [5.41, 5.74) is 3.91. The average Bonchev–Trinajstić information content (AvgIpc) is 2.72. The number of nitrogens with one attached hydrogen (secondary N) is 3. The van der Waals surface area contributed by atoms with Crippen molar-refractivity contribution in [3.63, 3.8) is 0 Å². The van der Waals surface area contributed by atoms with E-state index in [4.69, 9.17) is 10.8 Å². The average molecular weight is 437 g/mol. The molecule has 7 heteroatoms. The Morgan fingerprint density at radius 1 is 1.34 bits per heavy atom. The van der Waals surface area contributed by atoms with Crippen molar-refractivity contribution in [2.24, 2.45) is 5.92 Å². The fourth-order valence-electron chi connectivity index (χ4n) is 3.61. The molecule has 0 aromatic carbocycles. The number of amidine groups is 1. The van der Waals surface area contributed by atoms with Gasteiger partial charge in [-0.2, -0.15) is 0 Å². The second-order valence-corrected chi connectivity index (χ2v) is 8.88. The standard InChI is InChI=1S/C25H36N6O/c1-17(2)14-30-11-10-21-13-28-23(12-22(21)15-30)25(32)29-20(6)9-7-8-19(5)24(27)31(16-26)18(3)4/h7-9,12-13,16-18,26-27H,6,10-11,14-15H2,1-5H3,(H,29,32)/b9-7-,19-8+,26-16?,27-24?. The maximum atomic E-state index is 12.6. The number of hydrogen-bond acceptors (Lipinski definition) is 5. The minimum atomic E-state index is -0.285. The van der Waals surface area contributed by atoms with E-state index < -0.39 is 0 Å². The molecule has 32 heavy (non-hydrogen) atoms. The predicted molar refractivity (Wildman–Crippen MR) is 131 cm³/mol. The molecule has 0 spiro atoms. The Labute approximate surface area is 191 Å². The first-order valence-electron chi connectivity index (χ1n) is 11.1. The molecule has 1 amide bonds. The zero-order chi connectivity index (χ0) is 23.8. The quantitative estimate of drug-likeness (QED) is 0.308. The minimum Gasteiger partial charge on any atom is -0.321 e. The molecule has 1 aromatic rings. The van der Waals surface area contributed by atoms with Crippen molar-refractivity contribution in [1.29, 1.82) is 10.8 Å². The van der Waals surface area contributed by atoms with Gasteiger partial charge < -0.3 is 10.2 Å². The summed E-state index contributed by atoms with van der Waals surface area (Å²) in [7, 11) is 0. The second kappa shape index (κ2) is 11.5. The van der Waals surface area contributed by atoms with Crippen LogP contribution in [0.5, 0.6) is 0 Å². The number of carbonyl (C=O) groups excluding carboxylic acids is 1. The second-order valence-electron chi connectivity index (χ2n) is 8.88. The lowest BCUT2D eigenvalue weighted by atomic mass is 10.00. The smallest absolute Gasteiger partial charge is 0.274 e. The molecule has 1 aliphatic rings. The first kappa shape index (κ1) is 25.2. The molecule has 0 saturated heterocycles. The van der Waals surface area contributed by atoms with E-state index in [0.29, 0.717) is 22.9 Å². The van der Waals surface area contributed by atoms with E-state index in [1.807, 2.05) is 33.0 Å². The van der Waals surface area contributed by atoms with Crippen LogP contribution in [-0.4, -0.2) is 52.0 Å². The van der Waals surface area contributed by atoms with Crippen LogP contribution in [0.1, 0.15) is 56.2 Å². The van der Waals surface area contributed by atoms with E-state index in [1.165, 1.54) is 5.56 Å². The Kier molecular flexibility index (Phi) is 9.08. The van der Waals surface area contributed by atoms with E-state index in [9.17, 15) is 4.79 Å². The van der Waals surface area contributed by atoms with Gasteiger partial charge in [-0.3, -0.25) is 25.5 Å². The summed E-state index contributed by atoms with van der Waals surface area (Å²) in [6.07, 6.45) is 9.11. The van der Waals surface area contributed by atoms with Crippen LogP contribution in [0.25, 0.3) is 0 Å². The molecule has 2 rings (SSSR count). The highest BCUT2D eigenvalue weighted by Gasteiger charge is 2.19. The Bertz CT molecular complexity index is 928. The third-order valence-electron chi connectivity index (χ3n) is 5.28. The summed E-state index contributed by atoms with van der Waals surface area (Å²) < 4.78 is 0. The zero-order valence-corrected chi connectivity index (χ0v) is 19.9. The molecule has 1 aromatic heterocycles. The van der Waals surface area contributed by atoms with Gasteiger partial charge in [-0.15, -0.1) is 0 Å². The number of hydrogen-bond donors (Lipinski definition) is 3. The van der Waals surface area contributed by atoms with Gasteiger partial charge >= 0.3 is 0 Å². The van der Waals surface area contributed by atoms with Gasteiger partial charge in [-0.1, -0.05) is 32.6 Å². The van der Waals surface area contributed by atoms with Gasteiger partial charge in [0.2, 0.25) is 0 Å². The normalized spacial score (nSPS) is 14.5. The molecule has 0 unspecified atom stereocenters. The van der Waals surface area contributed by atoms with Crippen LogP contribution in [0.2, 0.25) is 0 Å². The van der Waals surface area contributed by atoms with Crippen molar-refractivity contribution in [1.82, 2.24) is 20.1 Å². The summed E-state index contributed by atoms with van der Waals surface area (Å²) >= 11 is 0. The maximum absolute atomic E-state index is 12.6. The van der Waals surface area contributed by atoms with E-state index in [0.717, 1.165) is 38.0 Å². The molecular weight excluding hydrogens is 400 g/mol. The lowest BCUT2D eigenvalue weighted by Crippen LogP contribution is -2.35. The van der Waals surface area contributed by atoms with Gasteiger partial charge in [0.15, 0.2) is 0 Å². The number of allylic oxidation sites excluding steroid dienone is 3. The molecule has 0 radical (unpaired) electrons. The third kappa shape index (κ3) is 6.99. The van der Waals surface area contributed by atoms with Gasteiger partial charge in [0.25, 0.3) is 5.91 Å². The summed E-state index contributed by atoms with van der Waals surface area (Å²) in [6.45, 7) is 16.9. The largest absolute Gasteiger partial charge is 0.321 e. The van der Waals surface area contributed by atoms with Gasteiger partial charge in [-0.25, -0.2) is 0 Å². The van der Waals surface area contributed by atoms with Crippen molar-refractivity contribution in [3.8, 4) is 0 Å². The van der Waals surface area contributed by atoms with Gasteiger partial charge in [0.05, 0.1) is 6.34 Å². The fraction of sp³-hybridized carbons (Fsp3) is 0.440. The minimum absolute atomic E-state index is 0.0307. The molecule has 0 fully saturated rings. The number of rotatable bonds is 9. The highest BCUT2D eigenvalue weighted by molar-refractivity contribution is 6.01. The maximum Gasteiger partial charge on any atom is 0.274 e. The highest BCUT2D eigenvalue weighted by Crippen LogP contribution is 2.20. The first-order chi connectivity index (χ1) is 15.1. The molecular formula is C25H36N6O. The fourth-order valence-corrected chi connectivity index (χ4v) is 3.61. The summed E-state index contributed by atoms with van der Waals surface area (Å²) in [5, 5.41) is 18.4. The molecule has 2 heterocycles. The molecule has 0 bridgehead atoms. The van der Waals surface area contributed by atoms with E-state index in [2.05, 4.69) is 35.6 Å². The molecule has 1 aliphatic heterocycles. The number of pyridine rings is 1. The van der Waals surface area contributed by atoms with Crippen molar-refractivity contribution < 1.29 is 4.79 Å². The van der Waals surface area contributed by atoms with E-state index in [1.54, 1.807) is 23.1 Å². The molecule has 172 valence electrons. The first-order valence-corrected chi connectivity index (χ1v) is 11.1. The van der Waals surface area contributed by atoms with Crippen molar-refractivity contribution >= 4 is 18.1 Å². The van der Waals surface area contributed by atoms with Crippen LogP contribution in [-0.2, 0) is 13.0 Å². The van der Waals surface area contributed by atoms with Crippen LogP contribution in [0.15, 0.2) is 48.3 Å². The van der Waals surface area contributed by atoms with Crippen molar-refractivity contribution in [2.75, 3.05) is 13.1 Å². The molecule has 0 aliphatic carbocycles. The lowest BCUT2D eigenvalue weighted by Gasteiger charge is -2.30. The van der Waals surface area contributed by atoms with Crippen LogP contribution >= 0.6 is 0 Å². The number of carbonyl (C=O) groups is 1. The number of amides is 1. The number of nitrogens with zero attached hydrogens (tertiary/aromatic N) is 3. The van der Waals surface area contributed by atoms with Gasteiger partial charge in [0.1, 0.15) is 11.5 Å². The lowest BCUT2D eigenvalue weighted by molar-refractivity contribution is 0.0962.